The van der Waals surface area contributed by atoms with E-state index in [1.165, 1.54) is 11.3 Å². The normalized spacial score (nSPS) is 12.9. The Morgan fingerprint density at radius 1 is 1.53 bits per heavy atom. The first kappa shape index (κ1) is 15.0. The third kappa shape index (κ3) is 4.26. The summed E-state index contributed by atoms with van der Waals surface area (Å²) in [7, 11) is -3.40. The van der Waals surface area contributed by atoms with Crippen LogP contribution in [0.15, 0.2) is 16.3 Å². The van der Waals surface area contributed by atoms with Crippen molar-refractivity contribution in [3.63, 3.8) is 0 Å². The maximum absolute atomic E-state index is 12.0. The minimum absolute atomic E-state index is 0.111. The molecule has 0 aliphatic heterocycles. The lowest BCUT2D eigenvalue weighted by Gasteiger charge is -2.21. The van der Waals surface area contributed by atoms with Crippen LogP contribution in [0.2, 0.25) is 0 Å². The van der Waals surface area contributed by atoms with Gasteiger partial charge in [0.25, 0.3) is 0 Å². The number of thiophene rings is 1. The minimum Gasteiger partial charge on any atom is -0.326 e. The Labute approximate surface area is 111 Å². The first-order valence-corrected chi connectivity index (χ1v) is 8.72. The Morgan fingerprint density at radius 2 is 2.18 bits per heavy atom. The van der Waals surface area contributed by atoms with Gasteiger partial charge in [0.2, 0.25) is 10.0 Å². The summed E-state index contributed by atoms with van der Waals surface area (Å²) in [6.45, 7) is 4.78. The molecule has 0 aliphatic carbocycles. The molecule has 1 aromatic rings. The molecule has 0 unspecified atom stereocenters. The lowest BCUT2D eigenvalue weighted by Crippen LogP contribution is -2.35. The molecule has 0 radical (unpaired) electrons. The van der Waals surface area contributed by atoms with Gasteiger partial charge in [-0.05, 0) is 26.2 Å². The van der Waals surface area contributed by atoms with Crippen LogP contribution in [0.3, 0.4) is 0 Å². The number of hydrogen-bond donors (Lipinski definition) is 2. The average molecular weight is 294 g/mol. The van der Waals surface area contributed by atoms with E-state index in [0.29, 0.717) is 18.0 Å². The highest BCUT2D eigenvalue weighted by molar-refractivity contribution is 8.00. The van der Waals surface area contributed by atoms with Crippen LogP contribution < -0.4 is 10.5 Å². The number of rotatable bonds is 6. The van der Waals surface area contributed by atoms with E-state index >= 15 is 0 Å². The smallest absolute Gasteiger partial charge is 0.241 e. The van der Waals surface area contributed by atoms with Crippen molar-refractivity contribution in [2.75, 3.05) is 12.8 Å². The summed E-state index contributed by atoms with van der Waals surface area (Å²) < 4.78 is 26.4. The van der Waals surface area contributed by atoms with E-state index in [9.17, 15) is 8.42 Å². The molecule has 1 heterocycles. The Balaban J connectivity index is 2.76. The molecule has 3 N–H and O–H groups in total. The highest BCUT2D eigenvalue weighted by Crippen LogP contribution is 2.22. The molecular weight excluding hydrogens is 276 g/mol. The molecule has 1 rings (SSSR count). The van der Waals surface area contributed by atoms with Gasteiger partial charge in [-0.25, -0.2) is 13.1 Å². The van der Waals surface area contributed by atoms with Crippen molar-refractivity contribution in [2.24, 2.45) is 5.73 Å². The number of sulfonamides is 1. The van der Waals surface area contributed by atoms with Crippen molar-refractivity contribution in [2.45, 2.75) is 30.0 Å². The van der Waals surface area contributed by atoms with Crippen molar-refractivity contribution in [3.05, 3.63) is 16.3 Å². The molecule has 4 nitrogen and oxygen atoms in total. The number of nitrogens with two attached hydrogens (primary N) is 1. The van der Waals surface area contributed by atoms with Gasteiger partial charge in [0.15, 0.2) is 0 Å². The molecular formula is C10H18N2O2S3. The lowest BCUT2D eigenvalue weighted by atomic mass is 10.2. The van der Waals surface area contributed by atoms with Crippen LogP contribution in [0.4, 0.5) is 0 Å². The molecule has 0 aromatic carbocycles. The van der Waals surface area contributed by atoms with Crippen LogP contribution in [0.5, 0.6) is 0 Å². The molecule has 1 aromatic heterocycles. The average Bonchev–Trinajstić information content (AvgIpc) is 2.76. The molecule has 7 heteroatoms. The van der Waals surface area contributed by atoms with Gasteiger partial charge < -0.3 is 5.73 Å². The summed E-state index contributed by atoms with van der Waals surface area (Å²) in [6.07, 6.45) is 1.96. The standard InChI is InChI=1S/C10H18N2O2S3/c1-10(2,15-3)7-12-17(13,14)9-4-8(5-11)16-6-9/h4,6,12H,5,7,11H2,1-3H3. The third-order valence-electron chi connectivity index (χ3n) is 2.38. The minimum atomic E-state index is -3.40. The quantitative estimate of drug-likeness (QED) is 0.836. The Bertz CT molecular complexity index is 466. The van der Waals surface area contributed by atoms with Gasteiger partial charge in [-0.2, -0.15) is 11.8 Å². The predicted octanol–water partition coefficient (Wildman–Crippen LogP) is 1.63. The Kier molecular flexibility index (Phi) is 5.03. The van der Waals surface area contributed by atoms with Crippen LogP contribution in [0.25, 0.3) is 0 Å². The van der Waals surface area contributed by atoms with Gasteiger partial charge in [0.1, 0.15) is 0 Å². The van der Waals surface area contributed by atoms with E-state index in [1.807, 2.05) is 20.1 Å². The second-order valence-electron chi connectivity index (χ2n) is 4.24. The van der Waals surface area contributed by atoms with Crippen LogP contribution in [0.1, 0.15) is 18.7 Å². The lowest BCUT2D eigenvalue weighted by molar-refractivity contribution is 0.571. The molecule has 0 spiro atoms. The largest absolute Gasteiger partial charge is 0.326 e. The highest BCUT2D eigenvalue weighted by Gasteiger charge is 2.22. The van der Waals surface area contributed by atoms with Crippen LogP contribution >= 0.6 is 23.1 Å². The van der Waals surface area contributed by atoms with Gasteiger partial charge >= 0.3 is 0 Å². The number of nitrogens with one attached hydrogen (secondary N) is 1. The second kappa shape index (κ2) is 5.71. The van der Waals surface area contributed by atoms with Crippen molar-refractivity contribution in [1.82, 2.24) is 4.72 Å². The summed E-state index contributed by atoms with van der Waals surface area (Å²) in [5.74, 6) is 0. The summed E-state index contributed by atoms with van der Waals surface area (Å²) in [5, 5.41) is 1.62. The molecule has 0 amide bonds. The van der Waals surface area contributed by atoms with Crippen molar-refractivity contribution in [3.8, 4) is 0 Å². The van der Waals surface area contributed by atoms with E-state index in [4.69, 9.17) is 5.73 Å². The molecule has 0 fully saturated rings. The Morgan fingerprint density at radius 3 is 2.65 bits per heavy atom. The number of hydrogen-bond acceptors (Lipinski definition) is 5. The first-order valence-electron chi connectivity index (χ1n) is 5.13. The highest BCUT2D eigenvalue weighted by atomic mass is 32.2. The molecule has 98 valence electrons. The zero-order valence-corrected chi connectivity index (χ0v) is 12.6. The fourth-order valence-corrected chi connectivity index (χ4v) is 3.71. The third-order valence-corrected chi connectivity index (χ3v) is 6.12. The molecule has 17 heavy (non-hydrogen) atoms. The van der Waals surface area contributed by atoms with E-state index in [0.717, 1.165) is 4.88 Å². The summed E-state index contributed by atoms with van der Waals surface area (Å²) in [6, 6.07) is 1.62. The summed E-state index contributed by atoms with van der Waals surface area (Å²) in [5.41, 5.74) is 5.46. The molecule has 0 atom stereocenters. The van der Waals surface area contributed by atoms with Crippen LogP contribution in [-0.4, -0.2) is 26.0 Å². The van der Waals surface area contributed by atoms with Crippen LogP contribution in [0, 0.1) is 0 Å². The fraction of sp³-hybridized carbons (Fsp3) is 0.600. The zero-order valence-electron chi connectivity index (χ0n) is 10.2. The Hall–Kier alpha value is -0.0800. The van der Waals surface area contributed by atoms with E-state index in [1.54, 1.807) is 23.2 Å². The van der Waals surface area contributed by atoms with Gasteiger partial charge in [0.05, 0.1) is 4.90 Å². The zero-order chi connectivity index (χ0) is 13.1. The molecule has 0 saturated carbocycles. The number of thioether (sulfide) groups is 1. The van der Waals surface area contributed by atoms with Crippen molar-refractivity contribution in [1.29, 1.82) is 0 Å². The van der Waals surface area contributed by atoms with Gasteiger partial charge in [0, 0.05) is 28.1 Å². The van der Waals surface area contributed by atoms with E-state index < -0.39 is 10.0 Å². The van der Waals surface area contributed by atoms with Gasteiger partial charge in [-0.15, -0.1) is 11.3 Å². The first-order chi connectivity index (χ1) is 7.80. The van der Waals surface area contributed by atoms with E-state index in [2.05, 4.69) is 4.72 Å². The summed E-state index contributed by atoms with van der Waals surface area (Å²) in [4.78, 5) is 1.18. The van der Waals surface area contributed by atoms with Crippen molar-refractivity contribution < 1.29 is 8.42 Å². The van der Waals surface area contributed by atoms with Gasteiger partial charge in [-0.3, -0.25) is 0 Å². The van der Waals surface area contributed by atoms with E-state index in [-0.39, 0.29) is 4.75 Å². The van der Waals surface area contributed by atoms with Gasteiger partial charge in [-0.1, -0.05) is 0 Å². The molecule has 0 bridgehead atoms. The van der Waals surface area contributed by atoms with Crippen LogP contribution in [-0.2, 0) is 16.6 Å². The maximum atomic E-state index is 12.0. The molecule has 0 saturated heterocycles. The second-order valence-corrected chi connectivity index (χ2v) is 8.52. The topological polar surface area (TPSA) is 72.2 Å². The molecule has 0 aliphatic rings. The monoisotopic (exact) mass is 294 g/mol. The summed E-state index contributed by atoms with van der Waals surface area (Å²) >= 11 is 2.99. The van der Waals surface area contributed by atoms with Crippen molar-refractivity contribution >= 4 is 33.1 Å². The predicted molar refractivity (Wildman–Crippen MR) is 75.0 cm³/mol. The SMILES string of the molecule is CSC(C)(C)CNS(=O)(=O)c1csc(CN)c1. The fourth-order valence-electron chi connectivity index (χ4n) is 1.03. The maximum Gasteiger partial charge on any atom is 0.241 e.